The smallest absolute Gasteiger partial charge is 0.406 e. The van der Waals surface area contributed by atoms with E-state index in [4.69, 9.17) is 10.7 Å². The van der Waals surface area contributed by atoms with E-state index in [0.29, 0.717) is 5.56 Å². The zero-order valence-electron chi connectivity index (χ0n) is 10.7. The standard InChI is InChI=1S/C11H11F3N4O3/c1-18-8(17-21-10(18)9(19)16-15)6-2-4-7(5-3-6)20-11(12,13)14/h2-5,10H,15H2,1H3,(H,16,19). The minimum Gasteiger partial charge on any atom is -0.406 e. The normalized spacial score (nSPS) is 18.0. The highest BCUT2D eigenvalue weighted by molar-refractivity contribution is 6.01. The van der Waals surface area contributed by atoms with Crippen molar-refractivity contribution in [3.05, 3.63) is 29.8 Å². The second-order valence-electron chi connectivity index (χ2n) is 4.06. The number of likely N-dealkylation sites (N-methyl/N-ethyl adjacent to an activating group) is 1. The van der Waals surface area contributed by atoms with Crippen molar-refractivity contribution in [3.8, 4) is 5.75 Å². The fourth-order valence-corrected chi connectivity index (χ4v) is 1.70. The topological polar surface area (TPSA) is 89.2 Å². The third-order valence-electron chi connectivity index (χ3n) is 2.64. The van der Waals surface area contributed by atoms with Crippen LogP contribution in [0.4, 0.5) is 13.2 Å². The van der Waals surface area contributed by atoms with Gasteiger partial charge in [0.2, 0.25) is 0 Å². The van der Waals surface area contributed by atoms with Crippen LogP contribution in [0.1, 0.15) is 5.56 Å². The highest BCUT2D eigenvalue weighted by Crippen LogP contribution is 2.24. The monoisotopic (exact) mass is 304 g/mol. The van der Waals surface area contributed by atoms with Gasteiger partial charge in [0, 0.05) is 12.6 Å². The van der Waals surface area contributed by atoms with Crippen LogP contribution >= 0.6 is 0 Å². The number of amides is 1. The number of hydrogen-bond acceptors (Lipinski definition) is 6. The van der Waals surface area contributed by atoms with Crippen LogP contribution in [0.15, 0.2) is 29.4 Å². The summed E-state index contributed by atoms with van der Waals surface area (Å²) in [6.07, 6.45) is -5.78. The maximum Gasteiger partial charge on any atom is 0.573 e. The zero-order valence-corrected chi connectivity index (χ0v) is 10.7. The van der Waals surface area contributed by atoms with Gasteiger partial charge >= 0.3 is 6.36 Å². The van der Waals surface area contributed by atoms with E-state index in [1.54, 1.807) is 0 Å². The Bertz CT molecular complexity index is 559. The number of hydrazine groups is 1. The molecule has 3 N–H and O–H groups in total. The molecule has 1 unspecified atom stereocenters. The Kier molecular flexibility index (Phi) is 3.89. The molecule has 0 aromatic heterocycles. The molecule has 0 saturated heterocycles. The van der Waals surface area contributed by atoms with Crippen molar-refractivity contribution in [1.29, 1.82) is 0 Å². The molecule has 114 valence electrons. The lowest BCUT2D eigenvalue weighted by Gasteiger charge is -2.18. The molecule has 0 aliphatic carbocycles. The number of carbonyl (C=O) groups is 1. The van der Waals surface area contributed by atoms with Crippen molar-refractivity contribution in [3.63, 3.8) is 0 Å². The fraction of sp³-hybridized carbons (Fsp3) is 0.273. The Morgan fingerprint density at radius 1 is 1.43 bits per heavy atom. The first-order valence-corrected chi connectivity index (χ1v) is 5.65. The van der Waals surface area contributed by atoms with Crippen molar-refractivity contribution in [2.75, 3.05) is 7.05 Å². The Labute approximate surface area is 117 Å². The number of halogens is 3. The molecule has 0 fully saturated rings. The van der Waals surface area contributed by atoms with Crippen molar-refractivity contribution in [2.45, 2.75) is 12.6 Å². The van der Waals surface area contributed by atoms with Crippen LogP contribution < -0.4 is 16.0 Å². The van der Waals surface area contributed by atoms with Gasteiger partial charge in [-0.15, -0.1) is 13.2 Å². The van der Waals surface area contributed by atoms with Gasteiger partial charge in [0.1, 0.15) is 5.75 Å². The molecule has 1 aromatic rings. The summed E-state index contributed by atoms with van der Waals surface area (Å²) in [5.41, 5.74) is 2.38. The molecular weight excluding hydrogens is 293 g/mol. The molecule has 1 aliphatic heterocycles. The molecule has 7 nitrogen and oxygen atoms in total. The molecule has 0 spiro atoms. The third-order valence-corrected chi connectivity index (χ3v) is 2.64. The molecule has 1 amide bonds. The largest absolute Gasteiger partial charge is 0.573 e. The first-order chi connectivity index (χ1) is 9.81. The molecular formula is C11H11F3N4O3. The highest BCUT2D eigenvalue weighted by Gasteiger charge is 2.34. The van der Waals surface area contributed by atoms with Crippen LogP contribution in [-0.2, 0) is 9.63 Å². The summed E-state index contributed by atoms with van der Waals surface area (Å²) in [7, 11) is 1.53. The summed E-state index contributed by atoms with van der Waals surface area (Å²) in [5, 5.41) is 3.70. The van der Waals surface area contributed by atoms with Gasteiger partial charge in [0.05, 0.1) is 0 Å². The number of carbonyl (C=O) groups excluding carboxylic acids is 1. The third kappa shape index (κ3) is 3.34. The van der Waals surface area contributed by atoms with E-state index < -0.39 is 18.5 Å². The van der Waals surface area contributed by atoms with Crippen LogP contribution in [0.5, 0.6) is 5.75 Å². The second kappa shape index (κ2) is 5.48. The Morgan fingerprint density at radius 2 is 2.05 bits per heavy atom. The average molecular weight is 304 g/mol. The molecule has 1 atom stereocenters. The van der Waals surface area contributed by atoms with Gasteiger partial charge in [-0.25, -0.2) is 5.84 Å². The lowest BCUT2D eigenvalue weighted by Crippen LogP contribution is -2.47. The highest BCUT2D eigenvalue weighted by atomic mass is 19.4. The zero-order chi connectivity index (χ0) is 15.6. The van der Waals surface area contributed by atoms with E-state index in [2.05, 4.69) is 9.89 Å². The van der Waals surface area contributed by atoms with E-state index in [-0.39, 0.29) is 11.6 Å². The molecule has 0 saturated carbocycles. The quantitative estimate of drug-likeness (QED) is 0.483. The Morgan fingerprint density at radius 3 is 2.57 bits per heavy atom. The van der Waals surface area contributed by atoms with Crippen LogP contribution in [0.3, 0.4) is 0 Å². The fourth-order valence-electron chi connectivity index (χ4n) is 1.70. The number of benzene rings is 1. The number of nitrogens with zero attached hydrogens (tertiary/aromatic N) is 2. The van der Waals surface area contributed by atoms with Crippen LogP contribution in [0, 0.1) is 0 Å². The van der Waals surface area contributed by atoms with E-state index in [1.807, 2.05) is 5.43 Å². The molecule has 1 heterocycles. The number of nitrogens with one attached hydrogen (secondary N) is 1. The maximum atomic E-state index is 12.1. The van der Waals surface area contributed by atoms with Gasteiger partial charge in [-0.3, -0.25) is 10.2 Å². The van der Waals surface area contributed by atoms with Crippen molar-refractivity contribution >= 4 is 11.7 Å². The lowest BCUT2D eigenvalue weighted by atomic mass is 10.2. The second-order valence-corrected chi connectivity index (χ2v) is 4.06. The van der Waals surface area contributed by atoms with E-state index in [1.165, 1.54) is 24.1 Å². The maximum absolute atomic E-state index is 12.1. The summed E-state index contributed by atoms with van der Waals surface area (Å²) in [6.45, 7) is 0. The summed E-state index contributed by atoms with van der Waals surface area (Å²) in [6, 6.07) is 5.00. The molecule has 10 heteroatoms. The SMILES string of the molecule is CN1C(c2ccc(OC(F)(F)F)cc2)=NOC1C(=O)NN. The number of oxime groups is 1. The minimum atomic E-state index is -4.75. The molecule has 1 aliphatic rings. The first-order valence-electron chi connectivity index (χ1n) is 5.65. The van der Waals surface area contributed by atoms with Gasteiger partial charge in [-0.1, -0.05) is 5.16 Å². The minimum absolute atomic E-state index is 0.280. The lowest BCUT2D eigenvalue weighted by molar-refractivity contribution is -0.274. The summed E-state index contributed by atoms with van der Waals surface area (Å²) >= 11 is 0. The van der Waals surface area contributed by atoms with Crippen molar-refractivity contribution in [1.82, 2.24) is 10.3 Å². The van der Waals surface area contributed by atoms with E-state index >= 15 is 0 Å². The summed E-state index contributed by atoms with van der Waals surface area (Å²) < 4.78 is 39.9. The number of rotatable bonds is 3. The van der Waals surface area contributed by atoms with Crippen molar-refractivity contribution < 1.29 is 27.5 Å². The summed E-state index contributed by atoms with van der Waals surface area (Å²) in [5.74, 6) is 4.32. The number of hydrogen-bond donors (Lipinski definition) is 2. The van der Waals surface area contributed by atoms with E-state index in [0.717, 1.165) is 12.1 Å². The van der Waals surface area contributed by atoms with Crippen molar-refractivity contribution in [2.24, 2.45) is 11.0 Å². The number of ether oxygens (including phenoxy) is 1. The van der Waals surface area contributed by atoms with Crippen LogP contribution in [0.25, 0.3) is 0 Å². The van der Waals surface area contributed by atoms with Crippen LogP contribution in [-0.4, -0.2) is 36.3 Å². The van der Waals surface area contributed by atoms with Gasteiger partial charge < -0.3 is 14.5 Å². The average Bonchev–Trinajstić information content (AvgIpc) is 2.79. The molecule has 0 bridgehead atoms. The molecule has 21 heavy (non-hydrogen) atoms. The van der Waals surface area contributed by atoms with Gasteiger partial charge in [0.25, 0.3) is 12.1 Å². The predicted molar refractivity (Wildman–Crippen MR) is 64.6 cm³/mol. The predicted octanol–water partition coefficient (Wildman–Crippen LogP) is 0.525. The van der Waals surface area contributed by atoms with Crippen LogP contribution in [0.2, 0.25) is 0 Å². The number of alkyl halides is 3. The molecule has 2 rings (SSSR count). The first kappa shape index (κ1) is 14.9. The number of amidine groups is 1. The van der Waals surface area contributed by atoms with E-state index in [9.17, 15) is 18.0 Å². The Hall–Kier alpha value is -2.49. The Balaban J connectivity index is 2.11. The van der Waals surface area contributed by atoms with Gasteiger partial charge in [-0.05, 0) is 24.3 Å². The van der Waals surface area contributed by atoms with Gasteiger partial charge in [-0.2, -0.15) is 0 Å². The van der Waals surface area contributed by atoms with Gasteiger partial charge in [0.15, 0.2) is 5.84 Å². The number of nitrogens with two attached hydrogens (primary N) is 1. The molecule has 0 radical (unpaired) electrons. The molecule has 1 aromatic carbocycles. The summed E-state index contributed by atoms with van der Waals surface area (Å²) in [4.78, 5) is 17.7.